The molecule has 0 aromatic heterocycles. The smallest absolute Gasteiger partial charge is 0.268 e. The highest BCUT2D eigenvalue weighted by Gasteiger charge is 1.90. The molecule has 0 aliphatic heterocycles. The van der Waals surface area contributed by atoms with Crippen molar-refractivity contribution in [1.82, 2.24) is 5.32 Å². The fraction of sp³-hybridized carbons (Fsp3) is 0.833. The zero-order valence-electron chi connectivity index (χ0n) is 5.44. The maximum absolute atomic E-state index is 6.41. The summed E-state index contributed by atoms with van der Waals surface area (Å²) in [6.45, 7) is 12.1. The van der Waals surface area contributed by atoms with Crippen LogP contribution in [-0.2, 0) is 0 Å². The Labute approximate surface area is 50.7 Å². The van der Waals surface area contributed by atoms with Crippen LogP contribution in [0.25, 0.3) is 4.85 Å². The zero-order valence-corrected chi connectivity index (χ0v) is 5.44. The topological polar surface area (TPSA) is 16.4 Å². The van der Waals surface area contributed by atoms with Gasteiger partial charge in [-0.1, -0.05) is 13.8 Å². The summed E-state index contributed by atoms with van der Waals surface area (Å²) in [7, 11) is 0. The second-order valence-electron chi connectivity index (χ2n) is 2.16. The monoisotopic (exact) mass is 112 g/mol. The minimum Gasteiger partial charge on any atom is -0.300 e. The van der Waals surface area contributed by atoms with Crippen molar-refractivity contribution in [2.45, 2.75) is 13.8 Å². The molecule has 1 N–H and O–H groups in total. The first-order valence-electron chi connectivity index (χ1n) is 2.81. The molecule has 0 aliphatic rings. The van der Waals surface area contributed by atoms with Crippen LogP contribution in [0.3, 0.4) is 0 Å². The Bertz CT molecular complexity index is 81.0. The van der Waals surface area contributed by atoms with Crippen molar-refractivity contribution < 1.29 is 0 Å². The van der Waals surface area contributed by atoms with E-state index >= 15 is 0 Å². The standard InChI is InChI=1S/C6H12N2/c1-6(2)4-8-5-7-3/h6,8H,4-5H2,1-2H3. The van der Waals surface area contributed by atoms with Gasteiger partial charge in [-0.05, 0) is 5.92 Å². The zero-order chi connectivity index (χ0) is 6.41. The Morgan fingerprint density at radius 1 is 1.62 bits per heavy atom. The van der Waals surface area contributed by atoms with E-state index in [0.29, 0.717) is 12.6 Å². The Kier molecular flexibility index (Phi) is 4.29. The van der Waals surface area contributed by atoms with E-state index in [0.717, 1.165) is 6.54 Å². The van der Waals surface area contributed by atoms with Gasteiger partial charge in [-0.25, -0.2) is 11.9 Å². The maximum atomic E-state index is 6.41. The highest BCUT2D eigenvalue weighted by atomic mass is 15.0. The van der Waals surface area contributed by atoms with Crippen LogP contribution in [0.15, 0.2) is 0 Å². The first-order chi connectivity index (χ1) is 3.77. The molecule has 0 aromatic carbocycles. The molecule has 0 saturated carbocycles. The molecule has 8 heavy (non-hydrogen) atoms. The molecule has 0 saturated heterocycles. The van der Waals surface area contributed by atoms with Crippen molar-refractivity contribution >= 4 is 0 Å². The van der Waals surface area contributed by atoms with Gasteiger partial charge >= 0.3 is 0 Å². The quantitative estimate of drug-likeness (QED) is 0.427. The summed E-state index contributed by atoms with van der Waals surface area (Å²) in [5.74, 6) is 0.650. The average molecular weight is 112 g/mol. The second-order valence-corrected chi connectivity index (χ2v) is 2.16. The minimum absolute atomic E-state index is 0.457. The van der Waals surface area contributed by atoms with Gasteiger partial charge in [0.1, 0.15) is 0 Å². The molecule has 0 aromatic rings. The molecule has 0 fully saturated rings. The lowest BCUT2D eigenvalue weighted by atomic mass is 10.2. The summed E-state index contributed by atoms with van der Waals surface area (Å²) >= 11 is 0. The Morgan fingerprint density at radius 2 is 2.25 bits per heavy atom. The molecule has 2 heteroatoms. The van der Waals surface area contributed by atoms with Crippen LogP contribution in [0.2, 0.25) is 0 Å². The summed E-state index contributed by atoms with van der Waals surface area (Å²) in [6, 6.07) is 0. The van der Waals surface area contributed by atoms with Crippen LogP contribution in [0.4, 0.5) is 0 Å². The Morgan fingerprint density at radius 3 is 2.62 bits per heavy atom. The predicted molar refractivity (Wildman–Crippen MR) is 34.3 cm³/mol. The predicted octanol–water partition coefficient (Wildman–Crippen LogP) is 1.11. The molecular weight excluding hydrogens is 100 g/mol. The van der Waals surface area contributed by atoms with E-state index in [2.05, 4.69) is 24.0 Å². The first-order valence-corrected chi connectivity index (χ1v) is 2.81. The summed E-state index contributed by atoms with van der Waals surface area (Å²) in [4.78, 5) is 3.15. The summed E-state index contributed by atoms with van der Waals surface area (Å²) < 4.78 is 0. The fourth-order valence-electron chi connectivity index (χ4n) is 0.409. The van der Waals surface area contributed by atoms with Gasteiger partial charge < -0.3 is 0 Å². The molecule has 2 nitrogen and oxygen atoms in total. The molecule has 0 atom stereocenters. The molecule has 0 radical (unpaired) electrons. The third kappa shape index (κ3) is 5.45. The molecule has 0 heterocycles. The molecule has 0 rings (SSSR count). The SMILES string of the molecule is [C-]#[N+]CNCC(C)C. The van der Waals surface area contributed by atoms with Gasteiger partial charge in [0.05, 0.1) is 0 Å². The lowest BCUT2D eigenvalue weighted by molar-refractivity contribution is 0.576. The Hall–Kier alpha value is -0.550. The molecule has 0 unspecified atom stereocenters. The van der Waals surface area contributed by atoms with Crippen molar-refractivity contribution in [2.75, 3.05) is 13.2 Å². The first kappa shape index (κ1) is 7.45. The largest absolute Gasteiger partial charge is 0.300 e. The second kappa shape index (κ2) is 4.61. The van der Waals surface area contributed by atoms with Crippen LogP contribution < -0.4 is 5.32 Å². The van der Waals surface area contributed by atoms with Crippen LogP contribution >= 0.6 is 0 Å². The molecule has 46 valence electrons. The van der Waals surface area contributed by atoms with E-state index in [1.54, 1.807) is 0 Å². The van der Waals surface area contributed by atoms with E-state index in [1.807, 2.05) is 0 Å². The number of nitrogens with zero attached hydrogens (tertiary/aromatic N) is 1. The van der Waals surface area contributed by atoms with E-state index in [4.69, 9.17) is 6.57 Å². The van der Waals surface area contributed by atoms with Gasteiger partial charge in [-0.2, -0.15) is 0 Å². The van der Waals surface area contributed by atoms with Gasteiger partial charge in [0, 0.05) is 6.54 Å². The van der Waals surface area contributed by atoms with Crippen molar-refractivity contribution in [2.24, 2.45) is 5.92 Å². The van der Waals surface area contributed by atoms with Gasteiger partial charge in [-0.3, -0.25) is 4.85 Å². The molecule has 0 spiro atoms. The highest BCUT2D eigenvalue weighted by Crippen LogP contribution is 1.85. The number of nitrogens with one attached hydrogen (secondary N) is 1. The lowest BCUT2D eigenvalue weighted by Crippen LogP contribution is -2.18. The summed E-state index contributed by atoms with van der Waals surface area (Å²) in [5, 5.41) is 2.98. The maximum Gasteiger partial charge on any atom is 0.268 e. The van der Waals surface area contributed by atoms with Crippen LogP contribution in [0.1, 0.15) is 13.8 Å². The number of hydrogen-bond donors (Lipinski definition) is 1. The number of rotatable bonds is 3. The molecule has 0 amide bonds. The van der Waals surface area contributed by atoms with Crippen molar-refractivity contribution in [3.8, 4) is 0 Å². The fourth-order valence-corrected chi connectivity index (χ4v) is 0.409. The highest BCUT2D eigenvalue weighted by molar-refractivity contribution is 4.56. The van der Waals surface area contributed by atoms with Crippen molar-refractivity contribution in [3.63, 3.8) is 0 Å². The third-order valence-corrected chi connectivity index (χ3v) is 0.743. The summed E-state index contributed by atoms with van der Waals surface area (Å²) in [6.07, 6.45) is 0. The molecule has 0 aliphatic carbocycles. The normalized spacial score (nSPS) is 9.25. The van der Waals surface area contributed by atoms with Crippen molar-refractivity contribution in [3.05, 3.63) is 11.4 Å². The Balaban J connectivity index is 2.85. The third-order valence-electron chi connectivity index (χ3n) is 0.743. The molecular formula is C6H12N2. The lowest BCUT2D eigenvalue weighted by Gasteiger charge is -1.99. The number of hydrogen-bond acceptors (Lipinski definition) is 1. The van der Waals surface area contributed by atoms with Gasteiger partial charge in [0.15, 0.2) is 0 Å². The van der Waals surface area contributed by atoms with Crippen LogP contribution in [-0.4, -0.2) is 13.2 Å². The van der Waals surface area contributed by atoms with E-state index in [9.17, 15) is 0 Å². The van der Waals surface area contributed by atoms with Crippen LogP contribution in [0, 0.1) is 12.5 Å². The van der Waals surface area contributed by atoms with E-state index in [-0.39, 0.29) is 0 Å². The van der Waals surface area contributed by atoms with Crippen LogP contribution in [0.5, 0.6) is 0 Å². The van der Waals surface area contributed by atoms with Crippen molar-refractivity contribution in [1.29, 1.82) is 0 Å². The minimum atomic E-state index is 0.457. The average Bonchev–Trinajstić information content (AvgIpc) is 1.66. The van der Waals surface area contributed by atoms with Gasteiger partial charge in [-0.15, -0.1) is 0 Å². The van der Waals surface area contributed by atoms with E-state index < -0.39 is 0 Å². The van der Waals surface area contributed by atoms with Gasteiger partial charge in [0.25, 0.3) is 6.67 Å². The summed E-state index contributed by atoms with van der Waals surface area (Å²) in [5.41, 5.74) is 0. The molecule has 0 bridgehead atoms. The van der Waals surface area contributed by atoms with E-state index in [1.165, 1.54) is 0 Å². The van der Waals surface area contributed by atoms with Gasteiger partial charge in [0.2, 0.25) is 0 Å².